The van der Waals surface area contributed by atoms with E-state index in [4.69, 9.17) is 12.2 Å². The van der Waals surface area contributed by atoms with Crippen molar-refractivity contribution in [3.63, 3.8) is 0 Å². The lowest BCUT2D eigenvalue weighted by Gasteiger charge is -2.10. The van der Waals surface area contributed by atoms with Crippen molar-refractivity contribution in [2.24, 2.45) is 0 Å². The van der Waals surface area contributed by atoms with E-state index in [1.165, 1.54) is 11.1 Å². The molecule has 2 aromatic rings. The molecule has 1 aromatic carbocycles. The van der Waals surface area contributed by atoms with Crippen molar-refractivity contribution >= 4 is 34.9 Å². The molecular formula is C18H23N3S2. The Morgan fingerprint density at radius 2 is 2.04 bits per heavy atom. The first-order valence-electron chi connectivity index (χ1n) is 7.74. The fraction of sp³-hybridized carbons (Fsp3) is 0.333. The van der Waals surface area contributed by atoms with Gasteiger partial charge in [-0.05, 0) is 55.4 Å². The highest BCUT2D eigenvalue weighted by molar-refractivity contribution is 7.98. The lowest BCUT2D eigenvalue weighted by atomic mass is 10.2. The molecule has 0 aliphatic heterocycles. The number of aromatic nitrogens is 1. The van der Waals surface area contributed by atoms with Crippen LogP contribution in [0.3, 0.4) is 0 Å². The summed E-state index contributed by atoms with van der Waals surface area (Å²) < 4.78 is 0. The number of thiocarbonyl (C=S) groups is 1. The van der Waals surface area contributed by atoms with Gasteiger partial charge >= 0.3 is 0 Å². The number of rotatable bonds is 7. The normalized spacial score (nSPS) is 10.3. The first-order valence-corrected chi connectivity index (χ1v) is 9.30. The number of thioether (sulfide) groups is 1. The van der Waals surface area contributed by atoms with E-state index in [1.54, 1.807) is 0 Å². The first kappa shape index (κ1) is 17.8. The summed E-state index contributed by atoms with van der Waals surface area (Å²) in [6, 6.07) is 12.6. The monoisotopic (exact) mass is 345 g/mol. The summed E-state index contributed by atoms with van der Waals surface area (Å²) in [5, 5.41) is 6.94. The molecule has 0 saturated heterocycles. The number of nitrogens with zero attached hydrogens (tertiary/aromatic N) is 1. The fourth-order valence-electron chi connectivity index (χ4n) is 2.07. The summed E-state index contributed by atoms with van der Waals surface area (Å²) in [6.45, 7) is 5.02. The molecule has 0 fully saturated rings. The Labute approximate surface area is 148 Å². The second-order valence-corrected chi connectivity index (χ2v) is 7.01. The standard InChI is InChI=1S/C18H23N3S2/c1-14-5-3-6-16(11-14)13-23-10-4-9-19-18(22)21-17-8-7-15(2)12-20-17/h3,5-8,11-12H,4,9-10,13H2,1-2H3,(H2,19,20,21,22). The molecule has 2 N–H and O–H groups in total. The number of anilines is 1. The van der Waals surface area contributed by atoms with Crippen LogP contribution in [0.2, 0.25) is 0 Å². The van der Waals surface area contributed by atoms with E-state index in [0.717, 1.165) is 35.9 Å². The minimum atomic E-state index is 0.630. The predicted octanol–water partition coefficient (Wildman–Crippen LogP) is 4.31. The molecule has 0 saturated carbocycles. The van der Waals surface area contributed by atoms with E-state index < -0.39 is 0 Å². The van der Waals surface area contributed by atoms with Gasteiger partial charge in [0, 0.05) is 18.5 Å². The van der Waals surface area contributed by atoms with Gasteiger partial charge in [-0.3, -0.25) is 0 Å². The summed E-state index contributed by atoms with van der Waals surface area (Å²) in [6.07, 6.45) is 2.91. The third-order valence-corrected chi connectivity index (χ3v) is 4.62. The summed E-state index contributed by atoms with van der Waals surface area (Å²) in [5.74, 6) is 2.96. The average molecular weight is 346 g/mol. The molecule has 0 amide bonds. The first-order chi connectivity index (χ1) is 11.1. The van der Waals surface area contributed by atoms with Crippen molar-refractivity contribution in [1.82, 2.24) is 10.3 Å². The fourth-order valence-corrected chi connectivity index (χ4v) is 3.19. The molecule has 0 radical (unpaired) electrons. The number of nitrogens with one attached hydrogen (secondary N) is 2. The van der Waals surface area contributed by atoms with Crippen molar-refractivity contribution in [2.75, 3.05) is 17.6 Å². The summed E-state index contributed by atoms with van der Waals surface area (Å²) in [5.41, 5.74) is 3.86. The topological polar surface area (TPSA) is 37.0 Å². The number of aryl methyl sites for hydroxylation is 2. The molecule has 0 aliphatic carbocycles. The van der Waals surface area contributed by atoms with Gasteiger partial charge in [0.15, 0.2) is 5.11 Å². The summed E-state index contributed by atoms with van der Waals surface area (Å²) in [4.78, 5) is 4.27. The van der Waals surface area contributed by atoms with Gasteiger partial charge in [0.25, 0.3) is 0 Å². The van der Waals surface area contributed by atoms with Crippen LogP contribution < -0.4 is 10.6 Å². The lowest BCUT2D eigenvalue weighted by Crippen LogP contribution is -2.29. The minimum absolute atomic E-state index is 0.630. The molecule has 0 spiro atoms. The Hall–Kier alpha value is -1.59. The molecule has 1 heterocycles. The number of hydrogen-bond donors (Lipinski definition) is 2. The van der Waals surface area contributed by atoms with Gasteiger partial charge in [-0.15, -0.1) is 0 Å². The van der Waals surface area contributed by atoms with Crippen LogP contribution in [-0.2, 0) is 5.75 Å². The van der Waals surface area contributed by atoms with E-state index in [2.05, 4.69) is 46.8 Å². The van der Waals surface area contributed by atoms with Gasteiger partial charge in [0.2, 0.25) is 0 Å². The molecule has 2 rings (SSSR count). The second kappa shape index (κ2) is 9.53. The molecule has 1 aromatic heterocycles. The van der Waals surface area contributed by atoms with E-state index in [-0.39, 0.29) is 0 Å². The van der Waals surface area contributed by atoms with Crippen molar-refractivity contribution < 1.29 is 0 Å². The maximum absolute atomic E-state index is 5.27. The van der Waals surface area contributed by atoms with Crippen LogP contribution in [0.15, 0.2) is 42.6 Å². The minimum Gasteiger partial charge on any atom is -0.362 e. The van der Waals surface area contributed by atoms with Crippen LogP contribution in [0.4, 0.5) is 5.82 Å². The van der Waals surface area contributed by atoms with Gasteiger partial charge in [-0.1, -0.05) is 35.9 Å². The SMILES string of the molecule is Cc1ccc(NC(=S)NCCCSCc2cccc(C)c2)nc1. The van der Waals surface area contributed by atoms with Crippen molar-refractivity contribution in [2.45, 2.75) is 26.0 Å². The number of pyridine rings is 1. The van der Waals surface area contributed by atoms with E-state index in [1.807, 2.05) is 37.0 Å². The quantitative estimate of drug-likeness (QED) is 0.578. The van der Waals surface area contributed by atoms with Crippen LogP contribution in [-0.4, -0.2) is 22.4 Å². The van der Waals surface area contributed by atoms with Crippen LogP contribution >= 0.6 is 24.0 Å². The molecule has 5 heteroatoms. The van der Waals surface area contributed by atoms with Crippen molar-refractivity contribution in [3.05, 3.63) is 59.3 Å². The van der Waals surface area contributed by atoms with Crippen LogP contribution in [0, 0.1) is 13.8 Å². The average Bonchev–Trinajstić information content (AvgIpc) is 2.53. The Morgan fingerprint density at radius 3 is 2.78 bits per heavy atom. The van der Waals surface area contributed by atoms with Crippen LogP contribution in [0.5, 0.6) is 0 Å². The lowest BCUT2D eigenvalue weighted by molar-refractivity contribution is 0.854. The Morgan fingerprint density at radius 1 is 1.17 bits per heavy atom. The Bertz CT molecular complexity index is 626. The smallest absolute Gasteiger partial charge is 0.171 e. The molecule has 0 aliphatic rings. The van der Waals surface area contributed by atoms with Gasteiger partial charge in [0.1, 0.15) is 5.82 Å². The van der Waals surface area contributed by atoms with E-state index >= 15 is 0 Å². The molecule has 0 bridgehead atoms. The van der Waals surface area contributed by atoms with Crippen LogP contribution in [0.25, 0.3) is 0 Å². The highest BCUT2D eigenvalue weighted by Crippen LogP contribution is 2.14. The largest absolute Gasteiger partial charge is 0.362 e. The molecule has 0 unspecified atom stereocenters. The van der Waals surface area contributed by atoms with E-state index in [9.17, 15) is 0 Å². The zero-order valence-electron chi connectivity index (χ0n) is 13.6. The highest BCUT2D eigenvalue weighted by Gasteiger charge is 1.99. The Kier molecular flexibility index (Phi) is 7.36. The Balaban J connectivity index is 1.56. The number of benzene rings is 1. The summed E-state index contributed by atoms with van der Waals surface area (Å²) in [7, 11) is 0. The van der Waals surface area contributed by atoms with Gasteiger partial charge in [0.05, 0.1) is 0 Å². The third-order valence-electron chi connectivity index (χ3n) is 3.26. The van der Waals surface area contributed by atoms with Crippen molar-refractivity contribution in [1.29, 1.82) is 0 Å². The number of hydrogen-bond acceptors (Lipinski definition) is 3. The summed E-state index contributed by atoms with van der Waals surface area (Å²) >= 11 is 7.22. The van der Waals surface area contributed by atoms with Crippen molar-refractivity contribution in [3.8, 4) is 0 Å². The van der Waals surface area contributed by atoms with Gasteiger partial charge in [-0.25, -0.2) is 4.98 Å². The molecular weight excluding hydrogens is 322 g/mol. The van der Waals surface area contributed by atoms with Gasteiger partial charge < -0.3 is 10.6 Å². The van der Waals surface area contributed by atoms with Crippen LogP contribution in [0.1, 0.15) is 23.1 Å². The maximum Gasteiger partial charge on any atom is 0.171 e. The van der Waals surface area contributed by atoms with E-state index in [0.29, 0.717) is 5.11 Å². The third kappa shape index (κ3) is 7.01. The second-order valence-electron chi connectivity index (χ2n) is 5.50. The zero-order valence-corrected chi connectivity index (χ0v) is 15.3. The maximum atomic E-state index is 5.27. The molecule has 122 valence electrons. The molecule has 3 nitrogen and oxygen atoms in total. The zero-order chi connectivity index (χ0) is 16.5. The predicted molar refractivity (Wildman–Crippen MR) is 105 cm³/mol. The highest BCUT2D eigenvalue weighted by atomic mass is 32.2. The molecule has 0 atom stereocenters. The van der Waals surface area contributed by atoms with Gasteiger partial charge in [-0.2, -0.15) is 11.8 Å². The molecule has 23 heavy (non-hydrogen) atoms.